The predicted molar refractivity (Wildman–Crippen MR) is 102 cm³/mol. The Morgan fingerprint density at radius 1 is 0.960 bits per heavy atom. The van der Waals surface area contributed by atoms with E-state index in [0.717, 1.165) is 24.8 Å². The molecule has 1 aliphatic carbocycles. The summed E-state index contributed by atoms with van der Waals surface area (Å²) in [7, 11) is 0. The maximum Gasteiger partial charge on any atom is 0.312 e. The maximum absolute atomic E-state index is 12.6. The average Bonchev–Trinajstić information content (AvgIpc) is 2.99. The van der Waals surface area contributed by atoms with Crippen LogP contribution in [0.5, 0.6) is 0 Å². The van der Waals surface area contributed by atoms with Gasteiger partial charge in [-0.05, 0) is 67.9 Å². The second-order valence-electron chi connectivity index (χ2n) is 7.92. The highest BCUT2D eigenvalue weighted by molar-refractivity contribution is 5.78. The molecule has 0 N–H and O–H groups in total. The number of hydrogen-bond donors (Lipinski definition) is 0. The monoisotopic (exact) mass is 336 g/mol. The SMILES string of the molecule is CCC(C)(C)C(=O)OC(C)(CC)c1ccc2c(c1)Cc1ccccc1-2. The fourth-order valence-corrected chi connectivity index (χ4v) is 3.30. The summed E-state index contributed by atoms with van der Waals surface area (Å²) < 4.78 is 6.03. The zero-order valence-corrected chi connectivity index (χ0v) is 16.0. The summed E-state index contributed by atoms with van der Waals surface area (Å²) >= 11 is 0. The molecule has 0 bridgehead atoms. The number of esters is 1. The quantitative estimate of drug-likeness (QED) is 0.545. The molecule has 0 amide bonds. The molecule has 1 atom stereocenters. The highest BCUT2D eigenvalue weighted by Crippen LogP contribution is 2.40. The van der Waals surface area contributed by atoms with Crippen molar-refractivity contribution < 1.29 is 9.53 Å². The van der Waals surface area contributed by atoms with Gasteiger partial charge in [0.25, 0.3) is 0 Å². The van der Waals surface area contributed by atoms with Gasteiger partial charge in [0.1, 0.15) is 5.60 Å². The number of carbonyl (C=O) groups excluding carboxylic acids is 1. The summed E-state index contributed by atoms with van der Waals surface area (Å²) in [5.41, 5.74) is 5.36. The van der Waals surface area contributed by atoms with E-state index in [-0.39, 0.29) is 5.97 Å². The van der Waals surface area contributed by atoms with E-state index < -0.39 is 11.0 Å². The normalized spacial score (nSPS) is 15.2. The van der Waals surface area contributed by atoms with Gasteiger partial charge in [-0.15, -0.1) is 0 Å². The van der Waals surface area contributed by atoms with Crippen molar-refractivity contribution in [3.05, 3.63) is 59.2 Å². The molecule has 2 aromatic rings. The third kappa shape index (κ3) is 3.10. The zero-order valence-electron chi connectivity index (χ0n) is 16.0. The summed E-state index contributed by atoms with van der Waals surface area (Å²) in [6.07, 6.45) is 2.48. The van der Waals surface area contributed by atoms with Gasteiger partial charge >= 0.3 is 5.97 Å². The Morgan fingerprint density at radius 2 is 1.64 bits per heavy atom. The molecule has 0 saturated heterocycles. The van der Waals surface area contributed by atoms with E-state index in [4.69, 9.17) is 4.74 Å². The van der Waals surface area contributed by atoms with Gasteiger partial charge in [0.2, 0.25) is 0 Å². The van der Waals surface area contributed by atoms with Crippen LogP contribution in [0.3, 0.4) is 0 Å². The van der Waals surface area contributed by atoms with Crippen LogP contribution in [-0.4, -0.2) is 5.97 Å². The Bertz CT molecular complexity index is 803. The van der Waals surface area contributed by atoms with Crippen molar-refractivity contribution in [2.45, 2.75) is 59.5 Å². The highest BCUT2D eigenvalue weighted by atomic mass is 16.6. The first-order valence-electron chi connectivity index (χ1n) is 9.26. The van der Waals surface area contributed by atoms with Crippen LogP contribution in [0.4, 0.5) is 0 Å². The van der Waals surface area contributed by atoms with E-state index in [0.29, 0.717) is 0 Å². The molecule has 2 heteroatoms. The van der Waals surface area contributed by atoms with Gasteiger partial charge in [0.05, 0.1) is 5.41 Å². The third-order valence-electron chi connectivity index (χ3n) is 5.83. The lowest BCUT2D eigenvalue weighted by Crippen LogP contribution is -2.35. The van der Waals surface area contributed by atoms with Crippen molar-refractivity contribution in [3.63, 3.8) is 0 Å². The van der Waals surface area contributed by atoms with E-state index in [9.17, 15) is 4.79 Å². The summed E-state index contributed by atoms with van der Waals surface area (Å²) in [4.78, 5) is 12.6. The topological polar surface area (TPSA) is 26.3 Å². The van der Waals surface area contributed by atoms with Crippen molar-refractivity contribution in [1.29, 1.82) is 0 Å². The molecule has 1 aliphatic rings. The van der Waals surface area contributed by atoms with Crippen molar-refractivity contribution in [3.8, 4) is 11.1 Å². The molecular formula is C23H28O2. The van der Waals surface area contributed by atoms with E-state index in [1.165, 1.54) is 22.3 Å². The third-order valence-corrected chi connectivity index (χ3v) is 5.83. The fourth-order valence-electron chi connectivity index (χ4n) is 3.30. The molecule has 25 heavy (non-hydrogen) atoms. The molecule has 3 rings (SSSR count). The number of fused-ring (bicyclic) bond motifs is 3. The summed E-state index contributed by atoms with van der Waals surface area (Å²) in [6, 6.07) is 15.1. The molecule has 0 radical (unpaired) electrons. The van der Waals surface area contributed by atoms with Gasteiger partial charge in [-0.3, -0.25) is 4.79 Å². The summed E-state index contributed by atoms with van der Waals surface area (Å²) in [5.74, 6) is -0.122. The molecule has 0 aromatic heterocycles. The second-order valence-corrected chi connectivity index (χ2v) is 7.92. The fraction of sp³-hybridized carbons (Fsp3) is 0.435. The first-order chi connectivity index (χ1) is 11.8. The number of hydrogen-bond acceptors (Lipinski definition) is 2. The summed E-state index contributed by atoms with van der Waals surface area (Å²) in [5, 5.41) is 0. The van der Waals surface area contributed by atoms with Gasteiger partial charge < -0.3 is 4.74 Å². The summed E-state index contributed by atoms with van der Waals surface area (Å²) in [6.45, 7) is 10.0. The second kappa shape index (κ2) is 6.33. The first-order valence-corrected chi connectivity index (χ1v) is 9.26. The predicted octanol–water partition coefficient (Wildman–Crippen LogP) is 5.86. The van der Waals surface area contributed by atoms with Crippen LogP contribution >= 0.6 is 0 Å². The van der Waals surface area contributed by atoms with Gasteiger partial charge in [0, 0.05) is 0 Å². The van der Waals surface area contributed by atoms with Gasteiger partial charge in [0.15, 0.2) is 0 Å². The van der Waals surface area contributed by atoms with Crippen molar-refractivity contribution in [2.24, 2.45) is 5.41 Å². The maximum atomic E-state index is 12.6. The number of ether oxygens (including phenoxy) is 1. The molecular weight excluding hydrogens is 308 g/mol. The van der Waals surface area contributed by atoms with E-state index in [1.54, 1.807) is 0 Å². The Balaban J connectivity index is 1.93. The Morgan fingerprint density at radius 3 is 2.32 bits per heavy atom. The minimum absolute atomic E-state index is 0.122. The molecule has 0 fully saturated rings. The molecule has 132 valence electrons. The molecule has 2 aromatic carbocycles. The number of carbonyl (C=O) groups is 1. The van der Waals surface area contributed by atoms with Crippen LogP contribution in [0.15, 0.2) is 42.5 Å². The lowest BCUT2D eigenvalue weighted by molar-refractivity contribution is -0.170. The highest BCUT2D eigenvalue weighted by Gasteiger charge is 2.36. The average molecular weight is 336 g/mol. The van der Waals surface area contributed by atoms with E-state index in [1.807, 2.05) is 27.7 Å². The van der Waals surface area contributed by atoms with E-state index >= 15 is 0 Å². The van der Waals surface area contributed by atoms with Crippen molar-refractivity contribution >= 4 is 5.97 Å². The molecule has 1 unspecified atom stereocenters. The van der Waals surface area contributed by atoms with Crippen LogP contribution in [-0.2, 0) is 21.6 Å². The van der Waals surface area contributed by atoms with Crippen LogP contribution in [0.25, 0.3) is 11.1 Å². The number of benzene rings is 2. The molecule has 0 spiro atoms. The Labute approximate surface area is 151 Å². The van der Waals surface area contributed by atoms with Crippen LogP contribution in [0.2, 0.25) is 0 Å². The molecule has 2 nitrogen and oxygen atoms in total. The molecule has 0 aliphatic heterocycles. The van der Waals surface area contributed by atoms with Crippen molar-refractivity contribution in [2.75, 3.05) is 0 Å². The molecule has 0 saturated carbocycles. The van der Waals surface area contributed by atoms with Gasteiger partial charge in [-0.1, -0.05) is 56.3 Å². The smallest absolute Gasteiger partial charge is 0.312 e. The van der Waals surface area contributed by atoms with Gasteiger partial charge in [-0.2, -0.15) is 0 Å². The largest absolute Gasteiger partial charge is 0.454 e. The number of rotatable bonds is 5. The molecule has 0 heterocycles. The van der Waals surface area contributed by atoms with Gasteiger partial charge in [-0.25, -0.2) is 0 Å². The minimum Gasteiger partial charge on any atom is -0.454 e. The van der Waals surface area contributed by atoms with Crippen LogP contribution < -0.4 is 0 Å². The Hall–Kier alpha value is -2.09. The zero-order chi connectivity index (χ0) is 18.2. The first kappa shape index (κ1) is 17.7. The van der Waals surface area contributed by atoms with Crippen LogP contribution in [0.1, 0.15) is 64.2 Å². The lowest BCUT2D eigenvalue weighted by atomic mass is 9.87. The van der Waals surface area contributed by atoms with E-state index in [2.05, 4.69) is 49.4 Å². The van der Waals surface area contributed by atoms with Crippen LogP contribution in [0, 0.1) is 5.41 Å². The van der Waals surface area contributed by atoms with Crippen molar-refractivity contribution in [1.82, 2.24) is 0 Å². The Kier molecular flexibility index (Phi) is 4.49. The lowest BCUT2D eigenvalue weighted by Gasteiger charge is -2.33. The minimum atomic E-state index is -0.590. The standard InChI is InChI=1S/C23H28O2/c1-6-22(3,4)21(24)25-23(5,7-2)18-12-13-20-17(15-18)14-16-10-8-9-11-19(16)20/h8-13,15H,6-7,14H2,1-5H3.